The number of hydrogen-bond acceptors (Lipinski definition) is 8. The Balaban J connectivity index is 2.22. The largest absolute Gasteiger partial charge is 0.462 e. The van der Waals surface area contributed by atoms with E-state index in [1.165, 1.54) is 13.8 Å². The molecule has 0 radical (unpaired) electrons. The first-order valence-electron chi connectivity index (χ1n) is 9.89. The van der Waals surface area contributed by atoms with Crippen LogP contribution in [-0.4, -0.2) is 67.8 Å². The van der Waals surface area contributed by atoms with Crippen LogP contribution in [0.3, 0.4) is 0 Å². The van der Waals surface area contributed by atoms with Crippen molar-refractivity contribution in [3.05, 3.63) is 33.1 Å². The van der Waals surface area contributed by atoms with Gasteiger partial charge < -0.3 is 19.8 Å². The van der Waals surface area contributed by atoms with Gasteiger partial charge in [0.15, 0.2) is 0 Å². The number of aliphatic hydroxyl groups is 2. The second-order valence-electron chi connectivity index (χ2n) is 8.49. The van der Waals surface area contributed by atoms with Crippen LogP contribution in [0.2, 0.25) is 0 Å². The van der Waals surface area contributed by atoms with E-state index in [2.05, 4.69) is 5.09 Å². The van der Waals surface area contributed by atoms with Crippen molar-refractivity contribution in [1.82, 2.24) is 14.6 Å². The monoisotopic (exact) mass is 481 g/mol. The number of ether oxygens (including phenoxy) is 1. The maximum atomic E-state index is 14.1. The first-order valence-corrected chi connectivity index (χ1v) is 11.5. The predicted octanol–water partition coefficient (Wildman–Crippen LogP) is -0.404. The molecule has 0 saturated heterocycles. The van der Waals surface area contributed by atoms with Crippen molar-refractivity contribution in [3.63, 3.8) is 0 Å². The highest BCUT2D eigenvalue weighted by Gasteiger charge is 2.61. The number of esters is 1. The molecule has 1 aliphatic carbocycles. The van der Waals surface area contributed by atoms with E-state index in [1.807, 2.05) is 4.98 Å². The van der Waals surface area contributed by atoms with E-state index in [0.29, 0.717) is 0 Å². The number of aromatic amines is 1. The fourth-order valence-electron chi connectivity index (χ4n) is 3.75. The standard InChI is InChI=1S/C18H29FN3O9P/c1-10(2)31-14(24)11(3)21-32(28,29)30-9-18(8-19)7-12(17(4,27)15(18)25)22-6-5-13(23)20-16(22)26/h5-6,10-12,15,25,27H,7-9H2,1-4H3,(H,20,23,26)(H2,21,28,29)/t11-,12+,15-,17-,18-/m0/s1. The minimum absolute atomic E-state index is 0.353. The molecule has 1 aromatic heterocycles. The molecule has 32 heavy (non-hydrogen) atoms. The number of aromatic nitrogens is 2. The summed E-state index contributed by atoms with van der Waals surface area (Å²) in [6, 6.07) is -1.37. The van der Waals surface area contributed by atoms with Crippen molar-refractivity contribution in [2.75, 3.05) is 13.3 Å². The van der Waals surface area contributed by atoms with E-state index in [4.69, 9.17) is 9.26 Å². The summed E-state index contributed by atoms with van der Waals surface area (Å²) in [5.41, 5.74) is -5.45. The summed E-state index contributed by atoms with van der Waals surface area (Å²) < 4.78 is 37.4. The highest BCUT2D eigenvalue weighted by atomic mass is 31.2. The van der Waals surface area contributed by atoms with Crippen LogP contribution in [0, 0.1) is 5.41 Å². The van der Waals surface area contributed by atoms with Crippen molar-refractivity contribution in [2.45, 2.75) is 64.0 Å². The molecule has 0 aliphatic heterocycles. The smallest absolute Gasteiger partial charge is 0.403 e. The molecule has 1 fully saturated rings. The molecule has 1 aliphatic rings. The molecule has 14 heteroatoms. The lowest BCUT2D eigenvalue weighted by molar-refractivity contribution is -0.149. The molecular weight excluding hydrogens is 452 g/mol. The highest BCUT2D eigenvalue weighted by molar-refractivity contribution is 7.50. The van der Waals surface area contributed by atoms with Crippen LogP contribution in [-0.2, 0) is 18.6 Å². The number of nitrogens with zero attached hydrogens (tertiary/aromatic N) is 1. The van der Waals surface area contributed by atoms with Gasteiger partial charge in [-0.2, -0.15) is 0 Å². The quantitative estimate of drug-likeness (QED) is 0.230. The lowest BCUT2D eigenvalue weighted by Gasteiger charge is -2.34. The van der Waals surface area contributed by atoms with Crippen LogP contribution in [0.15, 0.2) is 21.9 Å². The molecule has 182 valence electrons. The minimum Gasteiger partial charge on any atom is -0.462 e. The Morgan fingerprint density at radius 2 is 2.06 bits per heavy atom. The van der Waals surface area contributed by atoms with Crippen LogP contribution < -0.4 is 16.3 Å². The lowest BCUT2D eigenvalue weighted by Crippen LogP contribution is -2.49. The van der Waals surface area contributed by atoms with Gasteiger partial charge in [-0.05, 0) is 34.1 Å². The van der Waals surface area contributed by atoms with Crippen molar-refractivity contribution >= 4 is 13.7 Å². The van der Waals surface area contributed by atoms with Gasteiger partial charge in [-0.3, -0.25) is 28.1 Å². The third-order valence-electron chi connectivity index (χ3n) is 5.45. The van der Waals surface area contributed by atoms with E-state index in [0.717, 1.165) is 16.8 Å². The number of carbonyl (C=O) groups excluding carboxylic acids is 1. The van der Waals surface area contributed by atoms with Crippen molar-refractivity contribution < 1.29 is 38.1 Å². The lowest BCUT2D eigenvalue weighted by atomic mass is 9.84. The number of carbonyl (C=O) groups is 1. The van der Waals surface area contributed by atoms with Gasteiger partial charge in [0.25, 0.3) is 5.56 Å². The first-order chi connectivity index (χ1) is 14.6. The van der Waals surface area contributed by atoms with Crippen LogP contribution in [0.5, 0.6) is 0 Å². The van der Waals surface area contributed by atoms with Gasteiger partial charge in [0.05, 0.1) is 36.9 Å². The third kappa shape index (κ3) is 5.53. The van der Waals surface area contributed by atoms with E-state index in [9.17, 15) is 38.4 Å². The fourth-order valence-corrected chi connectivity index (χ4v) is 4.85. The van der Waals surface area contributed by atoms with Gasteiger partial charge >= 0.3 is 19.4 Å². The zero-order valence-electron chi connectivity index (χ0n) is 18.1. The SMILES string of the molecule is CC(C)OC(=O)[C@H](C)NP(=O)(O)OC[C@@]1(CF)C[C@@H](n2ccc(=O)[nH]c2=O)[C@](C)(O)[C@@H]1O. The first kappa shape index (κ1) is 26.4. The fraction of sp³-hybridized carbons (Fsp3) is 0.722. The summed E-state index contributed by atoms with van der Waals surface area (Å²) in [6.07, 6.45) is -1.51. The average Bonchev–Trinajstić information content (AvgIpc) is 2.87. The molecule has 2 rings (SSSR count). The normalized spacial score (nSPS) is 30.8. The molecule has 0 amide bonds. The number of aliphatic hydroxyl groups excluding tert-OH is 1. The number of H-pyrrole nitrogens is 1. The molecule has 0 bridgehead atoms. The molecule has 1 saturated carbocycles. The summed E-state index contributed by atoms with van der Waals surface area (Å²) in [5.74, 6) is -0.806. The Kier molecular flexibility index (Phi) is 7.86. The Morgan fingerprint density at radius 3 is 2.59 bits per heavy atom. The summed E-state index contributed by atoms with van der Waals surface area (Å²) >= 11 is 0. The summed E-state index contributed by atoms with van der Waals surface area (Å²) in [7, 11) is -4.66. The predicted molar refractivity (Wildman–Crippen MR) is 110 cm³/mol. The van der Waals surface area contributed by atoms with E-state index in [-0.39, 0.29) is 6.42 Å². The van der Waals surface area contributed by atoms with E-state index >= 15 is 0 Å². The van der Waals surface area contributed by atoms with Crippen molar-refractivity contribution in [2.24, 2.45) is 5.41 Å². The van der Waals surface area contributed by atoms with Gasteiger partial charge in [-0.1, -0.05) is 0 Å². The second-order valence-corrected chi connectivity index (χ2v) is 10.0. The summed E-state index contributed by atoms with van der Waals surface area (Å²) in [4.78, 5) is 47.4. The third-order valence-corrected chi connectivity index (χ3v) is 6.64. The topological polar surface area (TPSA) is 180 Å². The molecule has 1 unspecified atom stereocenters. The zero-order chi connectivity index (χ0) is 24.5. The molecule has 5 N–H and O–H groups in total. The summed E-state index contributed by atoms with van der Waals surface area (Å²) in [5, 5.41) is 23.6. The van der Waals surface area contributed by atoms with Gasteiger partial charge in [0.1, 0.15) is 11.6 Å². The Bertz CT molecular complexity index is 994. The van der Waals surface area contributed by atoms with Crippen molar-refractivity contribution in [1.29, 1.82) is 0 Å². The Labute approximate surface area is 183 Å². The molecule has 1 heterocycles. The van der Waals surface area contributed by atoms with Gasteiger partial charge in [0.2, 0.25) is 0 Å². The number of hydrogen-bond donors (Lipinski definition) is 5. The maximum absolute atomic E-state index is 14.1. The molecule has 1 aromatic rings. The number of halogens is 1. The van der Waals surface area contributed by atoms with Crippen LogP contribution >= 0.6 is 7.75 Å². The molecule has 0 spiro atoms. The van der Waals surface area contributed by atoms with Gasteiger partial charge in [-0.25, -0.2) is 14.4 Å². The maximum Gasteiger partial charge on any atom is 0.403 e. The van der Waals surface area contributed by atoms with Gasteiger partial charge in [-0.15, -0.1) is 0 Å². The Morgan fingerprint density at radius 1 is 1.44 bits per heavy atom. The van der Waals surface area contributed by atoms with Crippen LogP contribution in [0.1, 0.15) is 40.2 Å². The minimum atomic E-state index is -4.66. The van der Waals surface area contributed by atoms with Gasteiger partial charge in [0, 0.05) is 12.3 Å². The molecular formula is C18H29FN3O9P. The van der Waals surface area contributed by atoms with E-state index < -0.39 is 73.6 Å². The Hall–Kier alpha value is -1.89. The average molecular weight is 481 g/mol. The van der Waals surface area contributed by atoms with Crippen molar-refractivity contribution in [3.8, 4) is 0 Å². The van der Waals surface area contributed by atoms with E-state index in [1.54, 1.807) is 13.8 Å². The molecule has 12 nitrogen and oxygen atoms in total. The summed E-state index contributed by atoms with van der Waals surface area (Å²) in [6.45, 7) is 3.57. The molecule has 6 atom stereocenters. The number of alkyl halides is 1. The van der Waals surface area contributed by atoms with Crippen LogP contribution in [0.25, 0.3) is 0 Å². The number of nitrogens with one attached hydrogen (secondary N) is 2. The molecule has 0 aromatic carbocycles. The van der Waals surface area contributed by atoms with Crippen LogP contribution in [0.4, 0.5) is 4.39 Å². The highest BCUT2D eigenvalue weighted by Crippen LogP contribution is 2.52. The number of rotatable bonds is 9. The second kappa shape index (κ2) is 9.54. The zero-order valence-corrected chi connectivity index (χ0v) is 19.0.